The Labute approximate surface area is 133 Å². The summed E-state index contributed by atoms with van der Waals surface area (Å²) in [5.41, 5.74) is 5.07. The Morgan fingerprint density at radius 1 is 1.17 bits per heavy atom. The molecule has 0 atom stereocenters. The van der Waals surface area contributed by atoms with E-state index in [1.54, 1.807) is 24.5 Å². The number of fused-ring (bicyclic) bond motifs is 2. The van der Waals surface area contributed by atoms with Gasteiger partial charge in [-0.25, -0.2) is 0 Å². The highest BCUT2D eigenvalue weighted by molar-refractivity contribution is 5.95. The van der Waals surface area contributed by atoms with Crippen molar-refractivity contribution in [1.29, 1.82) is 0 Å². The summed E-state index contributed by atoms with van der Waals surface area (Å²) in [6.07, 6.45) is 5.32. The highest BCUT2D eigenvalue weighted by atomic mass is 16.3. The number of aryl methyl sites for hydroxylation is 2. The zero-order valence-electron chi connectivity index (χ0n) is 12.6. The molecule has 0 unspecified atom stereocenters. The number of aromatic hydroxyl groups is 1. The van der Waals surface area contributed by atoms with Crippen LogP contribution in [-0.2, 0) is 24.1 Å². The number of nitrogens with one attached hydrogen (secondary N) is 1. The number of amides is 1. The number of rotatable bonds is 3. The second kappa shape index (κ2) is 5.47. The highest BCUT2D eigenvalue weighted by Gasteiger charge is 2.16. The summed E-state index contributed by atoms with van der Waals surface area (Å²) in [5, 5.41) is 13.3. The van der Waals surface area contributed by atoms with Gasteiger partial charge in [-0.05, 0) is 54.7 Å². The summed E-state index contributed by atoms with van der Waals surface area (Å²) >= 11 is 0. The van der Waals surface area contributed by atoms with Crippen LogP contribution in [0.4, 0.5) is 5.69 Å². The van der Waals surface area contributed by atoms with Gasteiger partial charge in [0.15, 0.2) is 0 Å². The standard InChI is InChI=1S/C19H17NO3/c21-16-6-2-5-15(10-16)20-19(22)9-14-11-23-18-8-13-4-1-3-12(13)7-17(14)18/h2,5-8,10-11,21H,1,3-4,9H2,(H,20,22). The Morgan fingerprint density at radius 2 is 2.00 bits per heavy atom. The topological polar surface area (TPSA) is 62.5 Å². The van der Waals surface area contributed by atoms with Crippen LogP contribution in [0, 0.1) is 0 Å². The molecule has 0 saturated heterocycles. The third-order valence-corrected chi connectivity index (χ3v) is 4.35. The molecule has 3 aromatic rings. The lowest BCUT2D eigenvalue weighted by Crippen LogP contribution is -2.14. The molecule has 1 aliphatic carbocycles. The molecule has 4 heteroatoms. The first-order chi connectivity index (χ1) is 11.2. The second-order valence-electron chi connectivity index (χ2n) is 6.01. The highest BCUT2D eigenvalue weighted by Crippen LogP contribution is 2.30. The normalized spacial score (nSPS) is 13.2. The number of carbonyl (C=O) groups excluding carboxylic acids is 1. The minimum atomic E-state index is -0.126. The van der Waals surface area contributed by atoms with E-state index in [4.69, 9.17) is 4.42 Å². The van der Waals surface area contributed by atoms with Crippen molar-refractivity contribution >= 4 is 22.6 Å². The fourth-order valence-corrected chi connectivity index (χ4v) is 3.25. The van der Waals surface area contributed by atoms with Crippen molar-refractivity contribution in [2.24, 2.45) is 0 Å². The van der Waals surface area contributed by atoms with Crippen LogP contribution in [0.3, 0.4) is 0 Å². The van der Waals surface area contributed by atoms with E-state index in [1.165, 1.54) is 23.6 Å². The van der Waals surface area contributed by atoms with Crippen molar-refractivity contribution in [1.82, 2.24) is 0 Å². The van der Waals surface area contributed by atoms with Crippen LogP contribution >= 0.6 is 0 Å². The monoisotopic (exact) mass is 307 g/mol. The number of carbonyl (C=O) groups is 1. The molecule has 0 radical (unpaired) electrons. The van der Waals surface area contributed by atoms with Crippen molar-refractivity contribution in [2.45, 2.75) is 25.7 Å². The van der Waals surface area contributed by atoms with Gasteiger partial charge in [0, 0.05) is 22.7 Å². The molecule has 1 aliphatic rings. The largest absolute Gasteiger partial charge is 0.508 e. The molecule has 0 aliphatic heterocycles. The average Bonchev–Trinajstić information content (AvgIpc) is 3.12. The second-order valence-corrected chi connectivity index (χ2v) is 6.01. The van der Waals surface area contributed by atoms with Gasteiger partial charge in [0.25, 0.3) is 0 Å². The third-order valence-electron chi connectivity index (χ3n) is 4.35. The van der Waals surface area contributed by atoms with Crippen molar-refractivity contribution in [3.63, 3.8) is 0 Å². The van der Waals surface area contributed by atoms with Gasteiger partial charge in [-0.3, -0.25) is 4.79 Å². The summed E-state index contributed by atoms with van der Waals surface area (Å²) in [7, 11) is 0. The molecular weight excluding hydrogens is 290 g/mol. The van der Waals surface area contributed by atoms with E-state index in [0.717, 1.165) is 29.4 Å². The lowest BCUT2D eigenvalue weighted by Gasteiger charge is -2.05. The molecule has 4 rings (SSSR count). The van der Waals surface area contributed by atoms with Gasteiger partial charge >= 0.3 is 0 Å². The molecule has 1 aromatic heterocycles. The molecule has 0 bridgehead atoms. The lowest BCUT2D eigenvalue weighted by molar-refractivity contribution is -0.115. The summed E-state index contributed by atoms with van der Waals surface area (Å²) in [6.45, 7) is 0. The van der Waals surface area contributed by atoms with Crippen molar-refractivity contribution in [3.05, 3.63) is 59.4 Å². The van der Waals surface area contributed by atoms with Gasteiger partial charge in [-0.1, -0.05) is 6.07 Å². The van der Waals surface area contributed by atoms with Crippen LogP contribution in [0.5, 0.6) is 5.75 Å². The zero-order valence-corrected chi connectivity index (χ0v) is 12.6. The van der Waals surface area contributed by atoms with Gasteiger partial charge in [0.2, 0.25) is 5.91 Å². The Balaban J connectivity index is 1.56. The first kappa shape index (κ1) is 13.9. The molecule has 0 saturated carbocycles. The van der Waals surface area contributed by atoms with Crippen LogP contribution < -0.4 is 5.32 Å². The molecule has 0 fully saturated rings. The van der Waals surface area contributed by atoms with Crippen LogP contribution in [0.2, 0.25) is 0 Å². The number of furan rings is 1. The number of hydrogen-bond acceptors (Lipinski definition) is 3. The SMILES string of the molecule is O=C(Cc1coc2cc3c(cc12)CCC3)Nc1cccc(O)c1. The quantitative estimate of drug-likeness (QED) is 0.773. The zero-order chi connectivity index (χ0) is 15.8. The summed E-state index contributed by atoms with van der Waals surface area (Å²) in [6, 6.07) is 10.8. The van der Waals surface area contributed by atoms with Gasteiger partial charge in [-0.2, -0.15) is 0 Å². The van der Waals surface area contributed by atoms with Gasteiger partial charge in [0.05, 0.1) is 12.7 Å². The maximum Gasteiger partial charge on any atom is 0.228 e. The Kier molecular flexibility index (Phi) is 3.30. The van der Waals surface area contributed by atoms with E-state index in [1.807, 2.05) is 0 Å². The first-order valence-electron chi connectivity index (χ1n) is 7.80. The Bertz CT molecular complexity index is 895. The van der Waals surface area contributed by atoms with E-state index in [9.17, 15) is 9.90 Å². The summed E-state index contributed by atoms with van der Waals surface area (Å²) in [4.78, 5) is 12.2. The molecule has 1 heterocycles. The van der Waals surface area contributed by atoms with Crippen molar-refractivity contribution in [3.8, 4) is 5.75 Å². The predicted octanol–water partition coefficient (Wildman–Crippen LogP) is 3.81. The molecule has 2 N–H and O–H groups in total. The molecule has 23 heavy (non-hydrogen) atoms. The van der Waals surface area contributed by atoms with Crippen LogP contribution in [-0.4, -0.2) is 11.0 Å². The third kappa shape index (κ3) is 2.68. The molecule has 0 spiro atoms. The van der Waals surface area contributed by atoms with Crippen LogP contribution in [0.25, 0.3) is 11.0 Å². The summed E-state index contributed by atoms with van der Waals surface area (Å²) in [5.74, 6) is 0.00548. The first-order valence-corrected chi connectivity index (χ1v) is 7.80. The number of phenols is 1. The number of benzene rings is 2. The van der Waals surface area contributed by atoms with E-state index >= 15 is 0 Å². The Morgan fingerprint density at radius 3 is 2.83 bits per heavy atom. The van der Waals surface area contributed by atoms with Gasteiger partial charge in [-0.15, -0.1) is 0 Å². The maximum absolute atomic E-state index is 12.2. The fourth-order valence-electron chi connectivity index (χ4n) is 3.25. The minimum absolute atomic E-state index is 0.126. The van der Waals surface area contributed by atoms with Crippen molar-refractivity contribution in [2.75, 3.05) is 5.32 Å². The Hall–Kier alpha value is -2.75. The average molecular weight is 307 g/mol. The molecular formula is C19H17NO3. The fraction of sp³-hybridized carbons (Fsp3) is 0.211. The van der Waals surface area contributed by atoms with E-state index in [-0.39, 0.29) is 18.1 Å². The summed E-state index contributed by atoms with van der Waals surface area (Å²) < 4.78 is 5.62. The van der Waals surface area contributed by atoms with Gasteiger partial charge < -0.3 is 14.8 Å². The molecule has 1 amide bonds. The van der Waals surface area contributed by atoms with E-state index < -0.39 is 0 Å². The number of anilines is 1. The van der Waals surface area contributed by atoms with E-state index in [2.05, 4.69) is 17.4 Å². The number of phenolic OH excluding ortho intramolecular Hbond substituents is 1. The molecule has 2 aromatic carbocycles. The van der Waals surface area contributed by atoms with E-state index in [0.29, 0.717) is 5.69 Å². The number of hydrogen-bond donors (Lipinski definition) is 2. The maximum atomic E-state index is 12.2. The lowest BCUT2D eigenvalue weighted by atomic mass is 10.0. The minimum Gasteiger partial charge on any atom is -0.508 e. The smallest absolute Gasteiger partial charge is 0.228 e. The predicted molar refractivity (Wildman–Crippen MR) is 88.7 cm³/mol. The molecule has 116 valence electrons. The van der Waals surface area contributed by atoms with Crippen molar-refractivity contribution < 1.29 is 14.3 Å². The van der Waals surface area contributed by atoms with Crippen LogP contribution in [0.1, 0.15) is 23.1 Å². The van der Waals surface area contributed by atoms with Gasteiger partial charge in [0.1, 0.15) is 11.3 Å². The molecule has 4 nitrogen and oxygen atoms in total. The van der Waals surface area contributed by atoms with Crippen LogP contribution in [0.15, 0.2) is 47.1 Å².